The van der Waals surface area contributed by atoms with E-state index in [1.54, 1.807) is 7.11 Å². The Morgan fingerprint density at radius 2 is 2.07 bits per heavy atom. The Kier molecular flexibility index (Phi) is 6.27. The first-order valence-electron chi connectivity index (χ1n) is 5.11. The molecular weight excluding hydrogens is 180 g/mol. The zero-order chi connectivity index (χ0) is 11.2. The first kappa shape index (κ1) is 13.8. The molecule has 3 atom stereocenters. The van der Waals surface area contributed by atoms with Crippen molar-refractivity contribution in [3.05, 3.63) is 0 Å². The molecule has 14 heavy (non-hydrogen) atoms. The predicted molar refractivity (Wildman–Crippen MR) is 58.2 cm³/mol. The van der Waals surface area contributed by atoms with Crippen molar-refractivity contribution in [2.24, 2.45) is 5.73 Å². The Bertz CT molecular complexity index is 155. The van der Waals surface area contributed by atoms with E-state index in [9.17, 15) is 0 Å². The molecule has 0 heterocycles. The molecule has 0 spiro atoms. The fourth-order valence-electron chi connectivity index (χ4n) is 1.43. The lowest BCUT2D eigenvalue weighted by Gasteiger charge is -2.37. The van der Waals surface area contributed by atoms with Crippen molar-refractivity contribution in [2.75, 3.05) is 20.3 Å². The Morgan fingerprint density at radius 1 is 1.50 bits per heavy atom. The number of rotatable bonds is 7. The molecule has 0 aliphatic heterocycles. The van der Waals surface area contributed by atoms with E-state index < -0.39 is 0 Å². The van der Waals surface area contributed by atoms with Gasteiger partial charge in [0.2, 0.25) is 0 Å². The fraction of sp³-hybridized carbons (Fsp3) is 1.00. The minimum Gasteiger partial charge on any atom is -0.396 e. The summed E-state index contributed by atoms with van der Waals surface area (Å²) in [5.41, 5.74) is 5.49. The van der Waals surface area contributed by atoms with Crippen LogP contribution in [-0.2, 0) is 4.74 Å². The summed E-state index contributed by atoms with van der Waals surface area (Å²) in [6.45, 7) is 6.76. The van der Waals surface area contributed by atoms with E-state index in [0.29, 0.717) is 6.54 Å². The standard InChI is InChI=1S/C10H24N2O2/c1-8(5-6-13)12-10(3,7-11)9(2)14-4/h8-9,12-13H,5-7,11H2,1-4H3. The molecule has 0 aliphatic carbocycles. The molecule has 0 radical (unpaired) electrons. The summed E-state index contributed by atoms with van der Waals surface area (Å²) in [5, 5.41) is 12.2. The highest BCUT2D eigenvalue weighted by Gasteiger charge is 2.30. The van der Waals surface area contributed by atoms with Crippen molar-refractivity contribution < 1.29 is 9.84 Å². The molecule has 4 nitrogen and oxygen atoms in total. The van der Waals surface area contributed by atoms with Crippen LogP contribution in [0.1, 0.15) is 27.2 Å². The zero-order valence-electron chi connectivity index (χ0n) is 9.71. The second-order valence-corrected chi connectivity index (χ2v) is 4.06. The summed E-state index contributed by atoms with van der Waals surface area (Å²) in [5.74, 6) is 0. The number of methoxy groups -OCH3 is 1. The first-order chi connectivity index (χ1) is 6.50. The van der Waals surface area contributed by atoms with Gasteiger partial charge >= 0.3 is 0 Å². The lowest BCUT2D eigenvalue weighted by atomic mass is 9.94. The molecule has 0 saturated heterocycles. The van der Waals surface area contributed by atoms with Crippen LogP contribution in [0.3, 0.4) is 0 Å². The summed E-state index contributed by atoms with van der Waals surface area (Å²) in [7, 11) is 1.68. The summed E-state index contributed by atoms with van der Waals surface area (Å²) in [4.78, 5) is 0. The van der Waals surface area contributed by atoms with E-state index >= 15 is 0 Å². The van der Waals surface area contributed by atoms with Gasteiger partial charge in [-0.15, -0.1) is 0 Å². The zero-order valence-corrected chi connectivity index (χ0v) is 9.71. The Morgan fingerprint density at radius 3 is 2.43 bits per heavy atom. The third-order valence-corrected chi connectivity index (χ3v) is 2.81. The minimum absolute atomic E-state index is 0.0497. The van der Waals surface area contributed by atoms with Gasteiger partial charge in [-0.25, -0.2) is 0 Å². The van der Waals surface area contributed by atoms with Gasteiger partial charge < -0.3 is 20.9 Å². The van der Waals surface area contributed by atoms with Gasteiger partial charge in [-0.3, -0.25) is 0 Å². The normalized spacial score (nSPS) is 20.1. The fourth-order valence-corrected chi connectivity index (χ4v) is 1.43. The number of aliphatic hydroxyl groups excluding tert-OH is 1. The molecule has 0 amide bonds. The highest BCUT2D eigenvalue weighted by Crippen LogP contribution is 2.13. The van der Waals surface area contributed by atoms with Gasteiger partial charge in [-0.2, -0.15) is 0 Å². The van der Waals surface area contributed by atoms with Crippen molar-refractivity contribution >= 4 is 0 Å². The van der Waals surface area contributed by atoms with Crippen LogP contribution < -0.4 is 11.1 Å². The summed E-state index contributed by atoms with van der Waals surface area (Å²) in [6, 6.07) is 0.242. The van der Waals surface area contributed by atoms with E-state index in [0.717, 1.165) is 6.42 Å². The van der Waals surface area contributed by atoms with E-state index in [1.165, 1.54) is 0 Å². The molecule has 0 bridgehead atoms. The molecule has 0 aromatic heterocycles. The highest BCUT2D eigenvalue weighted by molar-refractivity contribution is 4.92. The van der Waals surface area contributed by atoms with Crippen LogP contribution >= 0.6 is 0 Å². The van der Waals surface area contributed by atoms with Gasteiger partial charge in [0.15, 0.2) is 0 Å². The van der Waals surface area contributed by atoms with Crippen LogP contribution in [0, 0.1) is 0 Å². The quantitative estimate of drug-likeness (QED) is 0.550. The van der Waals surface area contributed by atoms with Crippen LogP contribution in [-0.4, -0.2) is 43.1 Å². The van der Waals surface area contributed by atoms with Gasteiger partial charge in [0, 0.05) is 26.3 Å². The smallest absolute Gasteiger partial charge is 0.0734 e. The third kappa shape index (κ3) is 3.92. The topological polar surface area (TPSA) is 67.5 Å². The lowest BCUT2D eigenvalue weighted by molar-refractivity contribution is 0.0354. The number of ether oxygens (including phenoxy) is 1. The average Bonchev–Trinajstić information content (AvgIpc) is 2.16. The van der Waals surface area contributed by atoms with E-state index in [4.69, 9.17) is 15.6 Å². The maximum atomic E-state index is 8.80. The molecule has 0 rings (SSSR count). The van der Waals surface area contributed by atoms with Gasteiger partial charge in [0.25, 0.3) is 0 Å². The van der Waals surface area contributed by atoms with Crippen molar-refractivity contribution in [1.82, 2.24) is 5.32 Å². The first-order valence-corrected chi connectivity index (χ1v) is 5.11. The largest absolute Gasteiger partial charge is 0.396 e. The average molecular weight is 204 g/mol. The molecule has 86 valence electrons. The van der Waals surface area contributed by atoms with Crippen LogP contribution in [0.25, 0.3) is 0 Å². The Balaban J connectivity index is 4.23. The molecule has 0 aliphatic rings. The van der Waals surface area contributed by atoms with Gasteiger partial charge in [-0.05, 0) is 27.2 Å². The van der Waals surface area contributed by atoms with E-state index in [-0.39, 0.29) is 24.3 Å². The van der Waals surface area contributed by atoms with Gasteiger partial charge in [-0.1, -0.05) is 0 Å². The molecule has 0 saturated carbocycles. The molecule has 4 N–H and O–H groups in total. The Hall–Kier alpha value is -0.160. The van der Waals surface area contributed by atoms with Crippen LogP contribution in [0.2, 0.25) is 0 Å². The van der Waals surface area contributed by atoms with Crippen molar-refractivity contribution in [2.45, 2.75) is 44.9 Å². The van der Waals surface area contributed by atoms with E-state index in [2.05, 4.69) is 5.32 Å². The molecule has 0 aromatic rings. The molecular formula is C10H24N2O2. The van der Waals surface area contributed by atoms with E-state index in [1.807, 2.05) is 20.8 Å². The molecule has 4 heteroatoms. The van der Waals surface area contributed by atoms with Crippen molar-refractivity contribution in [3.8, 4) is 0 Å². The number of aliphatic hydroxyl groups is 1. The number of hydrogen-bond donors (Lipinski definition) is 3. The van der Waals surface area contributed by atoms with Crippen LogP contribution in [0.15, 0.2) is 0 Å². The highest BCUT2D eigenvalue weighted by atomic mass is 16.5. The Labute approximate surface area is 86.8 Å². The van der Waals surface area contributed by atoms with Crippen LogP contribution in [0.5, 0.6) is 0 Å². The maximum Gasteiger partial charge on any atom is 0.0734 e. The summed E-state index contributed by atoms with van der Waals surface area (Å²) >= 11 is 0. The number of hydrogen-bond acceptors (Lipinski definition) is 4. The van der Waals surface area contributed by atoms with Gasteiger partial charge in [0.1, 0.15) is 0 Å². The van der Waals surface area contributed by atoms with Crippen LogP contribution in [0.4, 0.5) is 0 Å². The monoisotopic (exact) mass is 204 g/mol. The second kappa shape index (κ2) is 6.35. The van der Waals surface area contributed by atoms with Crippen molar-refractivity contribution in [3.63, 3.8) is 0 Å². The number of nitrogens with two attached hydrogens (primary N) is 1. The summed E-state index contributed by atoms with van der Waals surface area (Å²) < 4.78 is 5.28. The summed E-state index contributed by atoms with van der Waals surface area (Å²) in [6.07, 6.45) is 0.778. The lowest BCUT2D eigenvalue weighted by Crippen LogP contribution is -2.59. The minimum atomic E-state index is -0.233. The molecule has 3 unspecified atom stereocenters. The maximum absolute atomic E-state index is 8.80. The second-order valence-electron chi connectivity index (χ2n) is 4.06. The van der Waals surface area contributed by atoms with Crippen molar-refractivity contribution in [1.29, 1.82) is 0 Å². The predicted octanol–water partition coefficient (Wildman–Crippen LogP) is 0.0992. The number of nitrogens with one attached hydrogen (secondary N) is 1. The molecule has 0 fully saturated rings. The SMILES string of the molecule is COC(C)C(C)(CN)NC(C)CCO. The third-order valence-electron chi connectivity index (χ3n) is 2.81. The van der Waals surface area contributed by atoms with Gasteiger partial charge in [0.05, 0.1) is 11.6 Å². The molecule has 0 aromatic carbocycles.